The van der Waals surface area contributed by atoms with E-state index in [9.17, 15) is 19.7 Å². The van der Waals surface area contributed by atoms with Gasteiger partial charge in [-0.05, 0) is 37.3 Å². The maximum Gasteiger partial charge on any atom is 0.343 e. The Hall–Kier alpha value is -4.66. The number of carbonyl (C=O) groups excluding carboxylic acids is 1. The molecule has 4 rings (SSSR count). The Kier molecular flexibility index (Phi) is 5.77. The second kappa shape index (κ2) is 8.83. The summed E-state index contributed by atoms with van der Waals surface area (Å²) in [5.41, 5.74) is -0.430. The summed E-state index contributed by atoms with van der Waals surface area (Å²) >= 11 is 0. The summed E-state index contributed by atoms with van der Waals surface area (Å²) in [6, 6.07) is 16.4. The highest BCUT2D eigenvalue weighted by molar-refractivity contribution is 5.92. The Morgan fingerprint density at radius 1 is 1.00 bits per heavy atom. The van der Waals surface area contributed by atoms with Crippen LogP contribution in [-0.2, 0) is 0 Å². The van der Waals surface area contributed by atoms with E-state index >= 15 is 0 Å². The van der Waals surface area contributed by atoms with Gasteiger partial charge in [0.1, 0.15) is 17.1 Å². The van der Waals surface area contributed by atoms with Crippen molar-refractivity contribution in [1.29, 1.82) is 0 Å². The summed E-state index contributed by atoms with van der Waals surface area (Å²) in [6.45, 7) is 1.58. The average molecular weight is 447 g/mol. The van der Waals surface area contributed by atoms with Gasteiger partial charge in [-0.3, -0.25) is 14.9 Å². The molecule has 9 heteroatoms. The number of para-hydroxylation sites is 2. The molecule has 0 spiro atoms. The number of nitro benzene ring substituents is 1. The predicted octanol–water partition coefficient (Wildman–Crippen LogP) is 5.03. The van der Waals surface area contributed by atoms with E-state index in [0.717, 1.165) is 6.07 Å². The first-order chi connectivity index (χ1) is 15.9. The van der Waals surface area contributed by atoms with Crippen molar-refractivity contribution < 1.29 is 28.3 Å². The van der Waals surface area contributed by atoms with E-state index in [1.54, 1.807) is 31.2 Å². The van der Waals surface area contributed by atoms with Gasteiger partial charge in [0.15, 0.2) is 11.5 Å². The SMILES string of the molecule is COc1ccccc1Oc1c(C)oc2cc(OC(=O)c3cccc([N+](=O)[O-])c3)ccc2c1=O. The first kappa shape index (κ1) is 21.6. The number of hydrogen-bond donors (Lipinski definition) is 0. The Bertz CT molecular complexity index is 1440. The summed E-state index contributed by atoms with van der Waals surface area (Å²) in [4.78, 5) is 35.7. The monoisotopic (exact) mass is 447 g/mol. The van der Waals surface area contributed by atoms with E-state index in [1.807, 2.05) is 0 Å². The number of methoxy groups -OCH3 is 1. The number of nitrogens with zero attached hydrogens (tertiary/aromatic N) is 1. The van der Waals surface area contributed by atoms with Crippen LogP contribution < -0.4 is 19.6 Å². The van der Waals surface area contributed by atoms with Crippen LogP contribution in [0.3, 0.4) is 0 Å². The zero-order valence-electron chi connectivity index (χ0n) is 17.6. The van der Waals surface area contributed by atoms with Crippen LogP contribution in [0.15, 0.2) is 75.9 Å². The van der Waals surface area contributed by atoms with Gasteiger partial charge >= 0.3 is 5.97 Å². The molecule has 33 heavy (non-hydrogen) atoms. The molecule has 0 saturated heterocycles. The quantitative estimate of drug-likeness (QED) is 0.175. The molecular formula is C24H17NO8. The zero-order chi connectivity index (χ0) is 23.5. The van der Waals surface area contributed by atoms with Gasteiger partial charge < -0.3 is 18.6 Å². The zero-order valence-corrected chi connectivity index (χ0v) is 17.6. The molecule has 0 aliphatic heterocycles. The van der Waals surface area contributed by atoms with Gasteiger partial charge in [0.2, 0.25) is 11.2 Å². The van der Waals surface area contributed by atoms with Crippen molar-refractivity contribution in [3.05, 3.63) is 98.4 Å². The fraction of sp³-hybridized carbons (Fsp3) is 0.0833. The molecule has 0 saturated carbocycles. The Balaban J connectivity index is 1.64. The molecule has 0 N–H and O–H groups in total. The number of nitro groups is 1. The number of aryl methyl sites for hydroxylation is 1. The number of hydrogen-bond acceptors (Lipinski definition) is 8. The first-order valence-electron chi connectivity index (χ1n) is 9.72. The van der Waals surface area contributed by atoms with E-state index in [4.69, 9.17) is 18.6 Å². The standard InChI is InChI=1S/C24H17NO8/c1-14-23(33-20-9-4-3-8-19(20)30-2)22(26)18-11-10-17(13-21(18)31-14)32-24(27)15-6-5-7-16(12-15)25(28)29/h3-13H,1-2H3. The highest BCUT2D eigenvalue weighted by Crippen LogP contribution is 2.32. The van der Waals surface area contributed by atoms with Crippen molar-refractivity contribution in [2.75, 3.05) is 7.11 Å². The van der Waals surface area contributed by atoms with Crippen molar-refractivity contribution in [1.82, 2.24) is 0 Å². The molecule has 0 atom stereocenters. The maximum absolute atomic E-state index is 13.0. The van der Waals surface area contributed by atoms with Crippen molar-refractivity contribution in [3.63, 3.8) is 0 Å². The molecule has 4 aromatic rings. The highest BCUT2D eigenvalue weighted by Gasteiger charge is 2.18. The third kappa shape index (κ3) is 4.38. The number of fused-ring (bicyclic) bond motifs is 1. The largest absolute Gasteiger partial charge is 0.493 e. The van der Waals surface area contributed by atoms with E-state index in [1.165, 1.54) is 43.5 Å². The highest BCUT2D eigenvalue weighted by atomic mass is 16.6. The Morgan fingerprint density at radius 2 is 1.76 bits per heavy atom. The van der Waals surface area contributed by atoms with Crippen LogP contribution in [0.25, 0.3) is 11.0 Å². The minimum atomic E-state index is -0.784. The molecule has 0 radical (unpaired) electrons. The van der Waals surface area contributed by atoms with E-state index in [2.05, 4.69) is 0 Å². The molecular weight excluding hydrogens is 430 g/mol. The average Bonchev–Trinajstić information content (AvgIpc) is 2.82. The minimum Gasteiger partial charge on any atom is -0.493 e. The van der Waals surface area contributed by atoms with Crippen LogP contribution >= 0.6 is 0 Å². The molecule has 0 aliphatic carbocycles. The van der Waals surface area contributed by atoms with Gasteiger partial charge in [-0.2, -0.15) is 0 Å². The summed E-state index contributed by atoms with van der Waals surface area (Å²) < 4.78 is 22.1. The Labute approximate surface area is 186 Å². The van der Waals surface area contributed by atoms with Crippen LogP contribution in [0, 0.1) is 17.0 Å². The van der Waals surface area contributed by atoms with Gasteiger partial charge in [-0.1, -0.05) is 18.2 Å². The van der Waals surface area contributed by atoms with Crippen LogP contribution in [-0.4, -0.2) is 18.0 Å². The molecule has 0 aliphatic rings. The number of rotatable bonds is 6. The fourth-order valence-corrected chi connectivity index (χ4v) is 3.18. The van der Waals surface area contributed by atoms with Gasteiger partial charge in [0.05, 0.1) is 23.0 Å². The molecule has 166 valence electrons. The fourth-order valence-electron chi connectivity index (χ4n) is 3.18. The summed E-state index contributed by atoms with van der Waals surface area (Å²) in [5.74, 6) is 0.374. The van der Waals surface area contributed by atoms with Crippen LogP contribution in [0.1, 0.15) is 16.1 Å². The van der Waals surface area contributed by atoms with Crippen molar-refractivity contribution in [3.8, 4) is 23.0 Å². The molecule has 0 fully saturated rings. The van der Waals surface area contributed by atoms with Gasteiger partial charge in [0, 0.05) is 18.2 Å². The third-order valence-electron chi connectivity index (χ3n) is 4.77. The number of benzene rings is 3. The number of esters is 1. The lowest BCUT2D eigenvalue weighted by Gasteiger charge is -2.12. The van der Waals surface area contributed by atoms with Crippen LogP contribution in [0.4, 0.5) is 5.69 Å². The molecule has 9 nitrogen and oxygen atoms in total. The second-order valence-electron chi connectivity index (χ2n) is 6.92. The molecule has 1 heterocycles. The lowest BCUT2D eigenvalue weighted by atomic mass is 10.2. The molecule has 1 aromatic heterocycles. The van der Waals surface area contributed by atoms with Crippen LogP contribution in [0.5, 0.6) is 23.0 Å². The predicted molar refractivity (Wildman–Crippen MR) is 118 cm³/mol. The number of carbonyl (C=O) groups is 1. The molecule has 3 aromatic carbocycles. The van der Waals surface area contributed by atoms with E-state index in [-0.39, 0.29) is 39.5 Å². The minimum absolute atomic E-state index is 0.00772. The van der Waals surface area contributed by atoms with Gasteiger partial charge in [0.25, 0.3) is 5.69 Å². The summed E-state index contributed by atoms with van der Waals surface area (Å²) in [5, 5.41) is 11.1. The lowest BCUT2D eigenvalue weighted by Crippen LogP contribution is -2.10. The second-order valence-corrected chi connectivity index (χ2v) is 6.92. The normalized spacial score (nSPS) is 10.6. The maximum atomic E-state index is 13.0. The Morgan fingerprint density at radius 3 is 2.48 bits per heavy atom. The van der Waals surface area contributed by atoms with Crippen LogP contribution in [0.2, 0.25) is 0 Å². The third-order valence-corrected chi connectivity index (χ3v) is 4.77. The summed E-state index contributed by atoms with van der Waals surface area (Å²) in [7, 11) is 1.49. The molecule has 0 amide bonds. The van der Waals surface area contributed by atoms with E-state index in [0.29, 0.717) is 11.5 Å². The summed E-state index contributed by atoms with van der Waals surface area (Å²) in [6.07, 6.45) is 0. The lowest BCUT2D eigenvalue weighted by molar-refractivity contribution is -0.384. The molecule has 0 bridgehead atoms. The first-order valence-corrected chi connectivity index (χ1v) is 9.72. The number of ether oxygens (including phenoxy) is 3. The van der Waals surface area contributed by atoms with E-state index < -0.39 is 16.3 Å². The van der Waals surface area contributed by atoms with Crippen molar-refractivity contribution >= 4 is 22.6 Å². The van der Waals surface area contributed by atoms with Crippen molar-refractivity contribution in [2.24, 2.45) is 0 Å². The number of non-ortho nitro benzene ring substituents is 1. The van der Waals surface area contributed by atoms with Gasteiger partial charge in [-0.25, -0.2) is 4.79 Å². The van der Waals surface area contributed by atoms with Crippen molar-refractivity contribution in [2.45, 2.75) is 6.92 Å². The van der Waals surface area contributed by atoms with Gasteiger partial charge in [-0.15, -0.1) is 0 Å². The molecule has 0 unspecified atom stereocenters. The smallest absolute Gasteiger partial charge is 0.343 e. The topological polar surface area (TPSA) is 118 Å².